The van der Waals surface area contributed by atoms with Gasteiger partial charge in [0, 0.05) is 18.6 Å². The third-order valence-corrected chi connectivity index (χ3v) is 4.48. The molecule has 0 aliphatic heterocycles. The fourth-order valence-electron chi connectivity index (χ4n) is 3.45. The summed E-state index contributed by atoms with van der Waals surface area (Å²) in [5.74, 6) is 1.47. The number of rotatable bonds is 7. The Bertz CT molecular complexity index is 350. The molecule has 4 nitrogen and oxygen atoms in total. The number of amides is 1. The van der Waals surface area contributed by atoms with Gasteiger partial charge >= 0.3 is 6.09 Å². The van der Waals surface area contributed by atoms with Gasteiger partial charge in [-0.3, -0.25) is 0 Å². The molecule has 0 spiro atoms. The molecule has 3 atom stereocenters. The number of carbonyl (C=O) groups excluding carboxylic acids is 1. The van der Waals surface area contributed by atoms with Crippen molar-refractivity contribution < 1.29 is 9.53 Å². The largest absolute Gasteiger partial charge is 0.444 e. The summed E-state index contributed by atoms with van der Waals surface area (Å²) < 4.78 is 5.34. The van der Waals surface area contributed by atoms with Gasteiger partial charge in [-0.25, -0.2) is 4.79 Å². The first-order valence-electron chi connectivity index (χ1n) is 9.42. The van der Waals surface area contributed by atoms with Crippen molar-refractivity contribution in [2.24, 2.45) is 11.8 Å². The zero-order valence-electron chi connectivity index (χ0n) is 16.1. The van der Waals surface area contributed by atoms with E-state index in [9.17, 15) is 4.79 Å². The highest BCUT2D eigenvalue weighted by molar-refractivity contribution is 5.67. The Morgan fingerprint density at radius 1 is 1.26 bits per heavy atom. The molecule has 1 rings (SSSR count). The van der Waals surface area contributed by atoms with Crippen LogP contribution in [0.2, 0.25) is 0 Å². The lowest BCUT2D eigenvalue weighted by Gasteiger charge is -2.33. The minimum absolute atomic E-state index is 0.317. The van der Waals surface area contributed by atoms with Crippen molar-refractivity contribution >= 4 is 6.09 Å². The average molecular weight is 327 g/mol. The van der Waals surface area contributed by atoms with E-state index in [1.165, 1.54) is 32.1 Å². The summed E-state index contributed by atoms with van der Waals surface area (Å²) in [5.41, 5.74) is -0.442. The maximum atomic E-state index is 11.9. The summed E-state index contributed by atoms with van der Waals surface area (Å²) >= 11 is 0. The maximum absolute atomic E-state index is 11.9. The molecule has 1 fully saturated rings. The van der Waals surface area contributed by atoms with Crippen LogP contribution in [0, 0.1) is 11.8 Å². The predicted molar refractivity (Wildman–Crippen MR) is 96.7 cm³/mol. The van der Waals surface area contributed by atoms with E-state index in [-0.39, 0.29) is 6.09 Å². The molecule has 0 saturated heterocycles. The lowest BCUT2D eigenvalue weighted by Crippen LogP contribution is -2.48. The third-order valence-electron chi connectivity index (χ3n) is 4.48. The second kappa shape index (κ2) is 9.51. The summed E-state index contributed by atoms with van der Waals surface area (Å²) in [4.78, 5) is 11.9. The second-order valence-electron chi connectivity index (χ2n) is 8.51. The lowest BCUT2D eigenvalue weighted by molar-refractivity contribution is 0.0519. The van der Waals surface area contributed by atoms with Gasteiger partial charge in [0.1, 0.15) is 5.60 Å². The molecule has 0 bridgehead atoms. The molecule has 3 unspecified atom stereocenters. The van der Waals surface area contributed by atoms with E-state index >= 15 is 0 Å². The van der Waals surface area contributed by atoms with Gasteiger partial charge in [0.25, 0.3) is 0 Å². The quantitative estimate of drug-likeness (QED) is 0.725. The Balaban J connectivity index is 2.47. The molecule has 0 heterocycles. The summed E-state index contributed by atoms with van der Waals surface area (Å²) in [6.45, 7) is 13.1. The number of ether oxygens (including phenoxy) is 1. The molecule has 0 aromatic rings. The zero-order valence-corrected chi connectivity index (χ0v) is 16.1. The van der Waals surface area contributed by atoms with Gasteiger partial charge < -0.3 is 15.4 Å². The van der Waals surface area contributed by atoms with Gasteiger partial charge in [0.05, 0.1) is 0 Å². The first kappa shape index (κ1) is 20.3. The molecular weight excluding hydrogens is 288 g/mol. The van der Waals surface area contributed by atoms with E-state index in [2.05, 4.69) is 31.4 Å². The second-order valence-corrected chi connectivity index (χ2v) is 8.51. The van der Waals surface area contributed by atoms with Gasteiger partial charge in [-0.15, -0.1) is 0 Å². The lowest BCUT2D eigenvalue weighted by atomic mass is 9.83. The molecule has 0 radical (unpaired) electrons. The van der Waals surface area contributed by atoms with Crippen LogP contribution in [0.1, 0.15) is 80.1 Å². The van der Waals surface area contributed by atoms with Crippen molar-refractivity contribution in [1.82, 2.24) is 10.6 Å². The summed E-state index contributed by atoms with van der Waals surface area (Å²) in [7, 11) is 0. The van der Waals surface area contributed by atoms with E-state index in [4.69, 9.17) is 4.74 Å². The van der Waals surface area contributed by atoms with Crippen LogP contribution < -0.4 is 10.6 Å². The van der Waals surface area contributed by atoms with Crippen LogP contribution in [0.15, 0.2) is 0 Å². The van der Waals surface area contributed by atoms with E-state index in [0.717, 1.165) is 12.3 Å². The maximum Gasteiger partial charge on any atom is 0.407 e. The molecule has 1 saturated carbocycles. The third kappa shape index (κ3) is 9.19. The van der Waals surface area contributed by atoms with Gasteiger partial charge in [-0.05, 0) is 51.9 Å². The van der Waals surface area contributed by atoms with Crippen LogP contribution >= 0.6 is 0 Å². The summed E-state index contributed by atoms with van der Waals surface area (Å²) in [5, 5.41) is 6.74. The van der Waals surface area contributed by atoms with Crippen LogP contribution in [0.5, 0.6) is 0 Å². The standard InChI is InChI=1S/C19H38N2O2/c1-7-15-9-8-10-16(12-15)21-17(11-14(2)3)13-20-18(22)23-19(4,5)6/h14-17,21H,7-13H2,1-6H3,(H,20,22). The highest BCUT2D eigenvalue weighted by atomic mass is 16.6. The van der Waals surface area contributed by atoms with E-state index in [0.29, 0.717) is 24.5 Å². The summed E-state index contributed by atoms with van der Waals surface area (Å²) in [6, 6.07) is 0.918. The topological polar surface area (TPSA) is 50.4 Å². The van der Waals surface area contributed by atoms with E-state index in [1.54, 1.807) is 0 Å². The molecule has 4 heteroatoms. The fraction of sp³-hybridized carbons (Fsp3) is 0.947. The van der Waals surface area contributed by atoms with Crippen LogP contribution in [0.25, 0.3) is 0 Å². The molecule has 0 aromatic heterocycles. The van der Waals surface area contributed by atoms with E-state index < -0.39 is 5.60 Å². The van der Waals surface area contributed by atoms with Crippen LogP contribution in [-0.2, 0) is 4.74 Å². The smallest absolute Gasteiger partial charge is 0.407 e. The highest BCUT2D eigenvalue weighted by Crippen LogP contribution is 2.27. The van der Waals surface area contributed by atoms with Crippen LogP contribution in [0.3, 0.4) is 0 Å². The van der Waals surface area contributed by atoms with Gasteiger partial charge in [0.15, 0.2) is 0 Å². The Hall–Kier alpha value is -0.770. The van der Waals surface area contributed by atoms with Crippen molar-refractivity contribution in [3.05, 3.63) is 0 Å². The average Bonchev–Trinajstić information content (AvgIpc) is 2.42. The number of carbonyl (C=O) groups is 1. The van der Waals surface area contributed by atoms with Crippen LogP contribution in [0.4, 0.5) is 4.79 Å². The Morgan fingerprint density at radius 2 is 1.96 bits per heavy atom. The van der Waals surface area contributed by atoms with Crippen molar-refractivity contribution in [3.63, 3.8) is 0 Å². The van der Waals surface area contributed by atoms with Crippen molar-refractivity contribution in [2.45, 2.75) is 97.8 Å². The minimum atomic E-state index is -0.442. The molecule has 1 amide bonds. The van der Waals surface area contributed by atoms with Crippen molar-refractivity contribution in [3.8, 4) is 0 Å². The first-order chi connectivity index (χ1) is 10.7. The number of hydrogen-bond donors (Lipinski definition) is 2. The van der Waals surface area contributed by atoms with Crippen molar-refractivity contribution in [1.29, 1.82) is 0 Å². The Morgan fingerprint density at radius 3 is 2.52 bits per heavy atom. The molecule has 23 heavy (non-hydrogen) atoms. The highest BCUT2D eigenvalue weighted by Gasteiger charge is 2.24. The summed E-state index contributed by atoms with van der Waals surface area (Å²) in [6.07, 6.45) is 7.27. The van der Waals surface area contributed by atoms with E-state index in [1.807, 2.05) is 20.8 Å². The van der Waals surface area contributed by atoms with Gasteiger partial charge in [-0.2, -0.15) is 0 Å². The molecule has 136 valence electrons. The van der Waals surface area contributed by atoms with Crippen molar-refractivity contribution in [2.75, 3.05) is 6.54 Å². The Kier molecular flexibility index (Phi) is 8.38. The minimum Gasteiger partial charge on any atom is -0.444 e. The fourth-order valence-corrected chi connectivity index (χ4v) is 3.45. The normalized spacial score (nSPS) is 23.6. The van der Waals surface area contributed by atoms with Gasteiger partial charge in [0.2, 0.25) is 0 Å². The van der Waals surface area contributed by atoms with Crippen LogP contribution in [-0.4, -0.2) is 30.3 Å². The SMILES string of the molecule is CCC1CCCC(NC(CNC(=O)OC(C)(C)C)CC(C)C)C1. The zero-order chi connectivity index (χ0) is 17.5. The molecular formula is C19H38N2O2. The number of hydrogen-bond acceptors (Lipinski definition) is 3. The Labute approximate surface area is 143 Å². The number of nitrogens with one attached hydrogen (secondary N) is 2. The molecule has 2 N–H and O–H groups in total. The van der Waals surface area contributed by atoms with Gasteiger partial charge in [-0.1, -0.05) is 40.0 Å². The number of alkyl carbamates (subject to hydrolysis) is 1. The molecule has 0 aromatic carbocycles. The molecule has 1 aliphatic rings. The monoisotopic (exact) mass is 326 g/mol. The molecule has 1 aliphatic carbocycles. The predicted octanol–water partition coefficient (Wildman–Crippen LogP) is 4.48. The first-order valence-corrected chi connectivity index (χ1v) is 9.42.